The van der Waals surface area contributed by atoms with Crippen molar-refractivity contribution < 1.29 is 4.39 Å². The monoisotopic (exact) mass is 405 g/mol. The van der Waals surface area contributed by atoms with Gasteiger partial charge in [-0.2, -0.15) is 0 Å². The average Bonchev–Trinajstić information content (AvgIpc) is 2.37. The van der Waals surface area contributed by atoms with Crippen LogP contribution < -0.4 is 5.32 Å². The number of rotatable bonds is 3. The van der Waals surface area contributed by atoms with Gasteiger partial charge in [-0.15, -0.1) is 0 Å². The van der Waals surface area contributed by atoms with E-state index in [1.54, 1.807) is 12.1 Å². The van der Waals surface area contributed by atoms with Gasteiger partial charge in [0.1, 0.15) is 5.82 Å². The van der Waals surface area contributed by atoms with Gasteiger partial charge in [-0.1, -0.05) is 33.6 Å². The number of hydrogen-bond acceptors (Lipinski definition) is 1. The Morgan fingerprint density at radius 2 is 1.89 bits per heavy atom. The van der Waals surface area contributed by atoms with E-state index >= 15 is 0 Å². The van der Waals surface area contributed by atoms with Crippen molar-refractivity contribution >= 4 is 49.1 Å². The molecule has 19 heavy (non-hydrogen) atoms. The largest absolute Gasteiger partial charge is 0.378 e. The highest BCUT2D eigenvalue weighted by Gasteiger charge is 2.10. The molecule has 0 aliphatic heterocycles. The second-order valence-electron chi connectivity index (χ2n) is 4.16. The lowest BCUT2D eigenvalue weighted by Gasteiger charge is -2.17. The summed E-state index contributed by atoms with van der Waals surface area (Å²) in [6.45, 7) is 2.00. The third-order valence-corrected chi connectivity index (χ3v) is 4.22. The van der Waals surface area contributed by atoms with Crippen LogP contribution in [0.2, 0.25) is 5.02 Å². The number of halogens is 4. The van der Waals surface area contributed by atoms with E-state index in [0.29, 0.717) is 0 Å². The molecule has 0 radical (unpaired) electrons. The average molecular weight is 408 g/mol. The van der Waals surface area contributed by atoms with Crippen molar-refractivity contribution in [3.05, 3.63) is 61.7 Å². The predicted molar refractivity (Wildman–Crippen MR) is 85.3 cm³/mol. The van der Waals surface area contributed by atoms with Crippen LogP contribution in [0.1, 0.15) is 18.5 Å². The fraction of sp³-hybridized carbons (Fsp3) is 0.143. The van der Waals surface area contributed by atoms with Crippen LogP contribution in [-0.2, 0) is 0 Å². The zero-order valence-electron chi connectivity index (χ0n) is 10.1. The lowest BCUT2D eigenvalue weighted by atomic mass is 10.1. The van der Waals surface area contributed by atoms with Crippen LogP contribution in [0.3, 0.4) is 0 Å². The Morgan fingerprint density at radius 3 is 2.58 bits per heavy atom. The lowest BCUT2D eigenvalue weighted by Crippen LogP contribution is -2.07. The molecule has 2 aromatic rings. The molecule has 0 aromatic heterocycles. The Morgan fingerprint density at radius 1 is 1.16 bits per heavy atom. The zero-order valence-corrected chi connectivity index (χ0v) is 14.0. The smallest absolute Gasteiger partial charge is 0.141 e. The van der Waals surface area contributed by atoms with Gasteiger partial charge in [0.25, 0.3) is 0 Å². The minimum absolute atomic E-state index is 0.0173. The minimum atomic E-state index is -0.402. The van der Waals surface area contributed by atoms with Gasteiger partial charge in [-0.25, -0.2) is 4.39 Å². The van der Waals surface area contributed by atoms with E-state index in [2.05, 4.69) is 37.2 Å². The number of nitrogens with one attached hydrogen (secondary N) is 1. The minimum Gasteiger partial charge on any atom is -0.378 e. The van der Waals surface area contributed by atoms with Crippen LogP contribution >= 0.6 is 43.5 Å². The molecule has 1 nitrogen and oxygen atoms in total. The molecule has 1 N–H and O–H groups in total. The van der Waals surface area contributed by atoms with Gasteiger partial charge in [0.15, 0.2) is 0 Å². The van der Waals surface area contributed by atoms with Crippen molar-refractivity contribution in [1.82, 2.24) is 0 Å². The Kier molecular flexibility index (Phi) is 4.87. The molecule has 0 spiro atoms. The first-order chi connectivity index (χ1) is 8.97. The summed E-state index contributed by atoms with van der Waals surface area (Å²) in [4.78, 5) is 0. The van der Waals surface area contributed by atoms with Gasteiger partial charge in [-0.05, 0) is 58.7 Å². The van der Waals surface area contributed by atoms with E-state index in [-0.39, 0.29) is 11.1 Å². The Hall–Kier alpha value is -0.580. The number of anilines is 1. The van der Waals surface area contributed by atoms with Crippen LogP contribution in [0.5, 0.6) is 0 Å². The van der Waals surface area contributed by atoms with Gasteiger partial charge in [0.2, 0.25) is 0 Å². The summed E-state index contributed by atoms with van der Waals surface area (Å²) in [6, 6.07) is 10.7. The van der Waals surface area contributed by atoms with Gasteiger partial charge < -0.3 is 5.32 Å². The van der Waals surface area contributed by atoms with Crippen LogP contribution in [0.15, 0.2) is 45.3 Å². The van der Waals surface area contributed by atoms with Crippen LogP contribution in [0.4, 0.5) is 10.1 Å². The van der Waals surface area contributed by atoms with Gasteiger partial charge in [0.05, 0.1) is 10.7 Å². The fourth-order valence-electron chi connectivity index (χ4n) is 1.71. The Labute approximate surface area is 133 Å². The third kappa shape index (κ3) is 3.71. The molecule has 0 amide bonds. The maximum atomic E-state index is 13.1. The molecule has 0 heterocycles. The normalized spacial score (nSPS) is 12.3. The highest BCUT2D eigenvalue weighted by Crippen LogP contribution is 2.30. The molecule has 2 aromatic carbocycles. The SMILES string of the molecule is CC(Nc1cc(Br)ccc1Br)c1ccc(F)c(Cl)c1. The van der Waals surface area contributed by atoms with Crippen molar-refractivity contribution in [1.29, 1.82) is 0 Å². The second-order valence-corrected chi connectivity index (χ2v) is 6.34. The Balaban J connectivity index is 2.22. The highest BCUT2D eigenvalue weighted by atomic mass is 79.9. The van der Waals surface area contributed by atoms with Gasteiger partial charge in [0, 0.05) is 15.0 Å². The summed E-state index contributed by atoms with van der Waals surface area (Å²) in [6.07, 6.45) is 0. The molecule has 0 bridgehead atoms. The quantitative estimate of drug-likeness (QED) is 0.641. The standard InChI is InChI=1S/C14H11Br2ClFN/c1-8(9-2-5-13(18)12(17)6-9)19-14-7-10(15)3-4-11(14)16/h2-8,19H,1H3. The molecule has 2 rings (SSSR count). The summed E-state index contributed by atoms with van der Waals surface area (Å²) in [5.74, 6) is -0.402. The summed E-state index contributed by atoms with van der Waals surface area (Å²) in [5.41, 5.74) is 1.89. The maximum absolute atomic E-state index is 13.1. The third-order valence-electron chi connectivity index (χ3n) is 2.74. The van der Waals surface area contributed by atoms with E-state index < -0.39 is 5.82 Å². The van der Waals surface area contributed by atoms with Crippen molar-refractivity contribution in [2.24, 2.45) is 0 Å². The molecule has 1 atom stereocenters. The van der Waals surface area contributed by atoms with Crippen LogP contribution in [0, 0.1) is 5.82 Å². The van der Waals surface area contributed by atoms with Gasteiger partial charge in [-0.3, -0.25) is 0 Å². The van der Waals surface area contributed by atoms with E-state index in [0.717, 1.165) is 20.2 Å². The number of benzene rings is 2. The topological polar surface area (TPSA) is 12.0 Å². The van der Waals surface area contributed by atoms with E-state index in [1.165, 1.54) is 6.07 Å². The number of hydrogen-bond donors (Lipinski definition) is 1. The van der Waals surface area contributed by atoms with Crippen LogP contribution in [0.25, 0.3) is 0 Å². The summed E-state index contributed by atoms with van der Waals surface area (Å²) >= 11 is 12.7. The first-order valence-electron chi connectivity index (χ1n) is 5.64. The molecule has 1 unspecified atom stereocenters. The fourth-order valence-corrected chi connectivity index (χ4v) is 2.62. The predicted octanol–water partition coefficient (Wildman–Crippen LogP) is 6.18. The van der Waals surface area contributed by atoms with E-state index in [1.807, 2.05) is 25.1 Å². The Bertz CT molecular complexity index is 604. The van der Waals surface area contributed by atoms with Crippen LogP contribution in [-0.4, -0.2) is 0 Å². The molecule has 0 aliphatic rings. The molecule has 0 saturated heterocycles. The van der Waals surface area contributed by atoms with E-state index in [9.17, 15) is 4.39 Å². The highest BCUT2D eigenvalue weighted by molar-refractivity contribution is 9.11. The first-order valence-corrected chi connectivity index (χ1v) is 7.60. The van der Waals surface area contributed by atoms with Crippen molar-refractivity contribution in [3.63, 3.8) is 0 Å². The van der Waals surface area contributed by atoms with E-state index in [4.69, 9.17) is 11.6 Å². The molecule has 0 saturated carbocycles. The summed E-state index contributed by atoms with van der Waals surface area (Å²) < 4.78 is 15.1. The molecular formula is C14H11Br2ClFN. The maximum Gasteiger partial charge on any atom is 0.141 e. The zero-order chi connectivity index (χ0) is 14.0. The summed E-state index contributed by atoms with van der Waals surface area (Å²) in [5, 5.41) is 3.49. The molecular weight excluding hydrogens is 396 g/mol. The molecule has 0 aliphatic carbocycles. The van der Waals surface area contributed by atoms with Crippen molar-refractivity contribution in [3.8, 4) is 0 Å². The van der Waals surface area contributed by atoms with Crippen molar-refractivity contribution in [2.45, 2.75) is 13.0 Å². The molecule has 0 fully saturated rings. The summed E-state index contributed by atoms with van der Waals surface area (Å²) in [7, 11) is 0. The lowest BCUT2D eigenvalue weighted by molar-refractivity contribution is 0.627. The van der Waals surface area contributed by atoms with Gasteiger partial charge >= 0.3 is 0 Å². The van der Waals surface area contributed by atoms with Crippen molar-refractivity contribution in [2.75, 3.05) is 5.32 Å². The molecule has 5 heteroatoms. The first kappa shape index (κ1) is 14.8. The molecule has 100 valence electrons. The second kappa shape index (κ2) is 6.25.